The number of rotatable bonds is 1. The molecule has 0 aromatic heterocycles. The van der Waals surface area contributed by atoms with Gasteiger partial charge in [-0.1, -0.05) is 0 Å². The molecule has 0 radical (unpaired) electrons. The van der Waals surface area contributed by atoms with E-state index in [1.54, 1.807) is 0 Å². The zero-order valence-electron chi connectivity index (χ0n) is 6.81. The second-order valence-electron chi connectivity index (χ2n) is 2.55. The van der Waals surface area contributed by atoms with E-state index in [4.69, 9.17) is 0 Å². The van der Waals surface area contributed by atoms with Crippen LogP contribution in [0.2, 0.25) is 0 Å². The van der Waals surface area contributed by atoms with Crippen molar-refractivity contribution in [2.45, 2.75) is 6.18 Å². The van der Waals surface area contributed by atoms with E-state index in [0.29, 0.717) is 6.07 Å². The van der Waals surface area contributed by atoms with E-state index in [1.807, 2.05) is 0 Å². The largest absolute Gasteiger partial charge is 0.416 e. The van der Waals surface area contributed by atoms with Gasteiger partial charge in [-0.25, -0.2) is 0 Å². The van der Waals surface area contributed by atoms with Gasteiger partial charge >= 0.3 is 6.18 Å². The number of benzene rings is 1. The van der Waals surface area contributed by atoms with Crippen LogP contribution in [-0.4, -0.2) is 4.92 Å². The third-order valence-corrected chi connectivity index (χ3v) is 3.52. The highest BCUT2D eigenvalue weighted by atomic mass is 79.9. The summed E-state index contributed by atoms with van der Waals surface area (Å²) in [6.45, 7) is 0. The van der Waals surface area contributed by atoms with Crippen LogP contribution in [0, 0.1) is 10.1 Å². The van der Waals surface area contributed by atoms with Gasteiger partial charge in [0.15, 0.2) is 0 Å². The van der Waals surface area contributed by atoms with Crippen molar-refractivity contribution in [3.8, 4) is 0 Å². The van der Waals surface area contributed by atoms with Gasteiger partial charge < -0.3 is 0 Å². The minimum atomic E-state index is -4.60. The van der Waals surface area contributed by atoms with E-state index in [1.165, 1.54) is 0 Å². The van der Waals surface area contributed by atoms with E-state index in [0.717, 1.165) is 6.07 Å². The first-order valence-corrected chi connectivity index (χ1v) is 5.02. The zero-order valence-corrected chi connectivity index (χ0v) is 9.98. The lowest BCUT2D eigenvalue weighted by molar-refractivity contribution is -0.386. The monoisotopic (exact) mass is 347 g/mol. The minimum Gasteiger partial charge on any atom is -0.258 e. The van der Waals surface area contributed by atoms with Gasteiger partial charge in [-0.15, -0.1) is 0 Å². The number of nitro benzene ring substituents is 1. The summed E-state index contributed by atoms with van der Waals surface area (Å²) in [5.74, 6) is 0. The van der Waals surface area contributed by atoms with Crippen LogP contribution in [0.5, 0.6) is 0 Å². The lowest BCUT2D eigenvalue weighted by atomic mass is 10.2. The first-order chi connectivity index (χ1) is 6.73. The third kappa shape index (κ3) is 2.69. The Morgan fingerprint density at radius 1 is 1.27 bits per heavy atom. The molecule has 0 unspecified atom stereocenters. The van der Waals surface area contributed by atoms with Gasteiger partial charge in [0, 0.05) is 10.5 Å². The summed E-state index contributed by atoms with van der Waals surface area (Å²) in [7, 11) is 0. The summed E-state index contributed by atoms with van der Waals surface area (Å²) in [6, 6.07) is 1.26. The number of hydrogen-bond acceptors (Lipinski definition) is 2. The Bertz CT molecular complexity index is 419. The van der Waals surface area contributed by atoms with Crippen LogP contribution in [0.15, 0.2) is 21.1 Å². The van der Waals surface area contributed by atoms with Crippen molar-refractivity contribution < 1.29 is 18.1 Å². The molecule has 0 spiro atoms. The summed E-state index contributed by atoms with van der Waals surface area (Å²) in [5.41, 5.74) is -1.69. The van der Waals surface area contributed by atoms with Crippen LogP contribution < -0.4 is 0 Å². The summed E-state index contributed by atoms with van der Waals surface area (Å²) in [5, 5.41) is 10.4. The molecule has 1 rings (SSSR count). The quantitative estimate of drug-likeness (QED) is 0.565. The first kappa shape index (κ1) is 12.4. The highest BCUT2D eigenvalue weighted by Gasteiger charge is 2.33. The average Bonchev–Trinajstić information content (AvgIpc) is 2.06. The topological polar surface area (TPSA) is 43.1 Å². The fraction of sp³-hybridized carbons (Fsp3) is 0.143. The second-order valence-corrected chi connectivity index (χ2v) is 4.19. The molecule has 0 aliphatic heterocycles. The maximum Gasteiger partial charge on any atom is 0.416 e. The molecule has 82 valence electrons. The van der Waals surface area contributed by atoms with Crippen LogP contribution >= 0.6 is 31.9 Å². The molecule has 3 nitrogen and oxygen atoms in total. The normalized spacial score (nSPS) is 11.5. The van der Waals surface area contributed by atoms with Gasteiger partial charge in [0.05, 0.1) is 10.5 Å². The van der Waals surface area contributed by atoms with Crippen molar-refractivity contribution in [3.63, 3.8) is 0 Å². The van der Waals surface area contributed by atoms with Crippen molar-refractivity contribution in [1.29, 1.82) is 0 Å². The molecule has 0 aliphatic rings. The Morgan fingerprint density at radius 3 is 2.20 bits per heavy atom. The Kier molecular flexibility index (Phi) is 3.39. The lowest BCUT2D eigenvalue weighted by Crippen LogP contribution is -2.06. The Balaban J connectivity index is 3.43. The van der Waals surface area contributed by atoms with Crippen LogP contribution in [0.3, 0.4) is 0 Å². The molecule has 0 saturated heterocycles. The Hall–Kier alpha value is -0.630. The fourth-order valence-electron chi connectivity index (χ4n) is 0.871. The number of alkyl halides is 3. The molecule has 1 aromatic carbocycles. The van der Waals surface area contributed by atoms with Crippen molar-refractivity contribution >= 4 is 37.5 Å². The van der Waals surface area contributed by atoms with Crippen LogP contribution in [0.4, 0.5) is 18.9 Å². The Morgan fingerprint density at radius 2 is 1.80 bits per heavy atom. The van der Waals surface area contributed by atoms with Gasteiger partial charge in [0.2, 0.25) is 0 Å². The summed E-state index contributed by atoms with van der Waals surface area (Å²) < 4.78 is 36.8. The highest BCUT2D eigenvalue weighted by molar-refractivity contribution is 9.13. The number of nitrogens with zero attached hydrogens (tertiary/aromatic N) is 1. The fourth-order valence-corrected chi connectivity index (χ4v) is 1.69. The van der Waals surface area contributed by atoms with Gasteiger partial charge in [0.1, 0.15) is 4.47 Å². The molecular formula is C7H2Br2F3NO2. The standard InChI is InChI=1S/C7H2Br2F3NO2/c8-4-1-3(7(10,11)12)2-5(6(4)9)13(14)15/h1-2H. The van der Waals surface area contributed by atoms with Crippen molar-refractivity contribution in [2.75, 3.05) is 0 Å². The van der Waals surface area contributed by atoms with Crippen molar-refractivity contribution in [2.24, 2.45) is 0 Å². The smallest absolute Gasteiger partial charge is 0.258 e. The van der Waals surface area contributed by atoms with E-state index in [-0.39, 0.29) is 8.95 Å². The van der Waals surface area contributed by atoms with E-state index in [2.05, 4.69) is 31.9 Å². The molecule has 1 aromatic rings. The minimum absolute atomic E-state index is 0.0102. The van der Waals surface area contributed by atoms with E-state index in [9.17, 15) is 23.3 Å². The number of hydrogen-bond donors (Lipinski definition) is 0. The average molecular weight is 349 g/mol. The number of nitro groups is 1. The molecule has 8 heteroatoms. The van der Waals surface area contributed by atoms with Crippen molar-refractivity contribution in [1.82, 2.24) is 0 Å². The van der Waals surface area contributed by atoms with Crippen LogP contribution in [-0.2, 0) is 6.18 Å². The molecule has 0 heterocycles. The SMILES string of the molecule is O=[N+]([O-])c1cc(C(F)(F)F)cc(Br)c1Br. The molecule has 0 fully saturated rings. The molecule has 15 heavy (non-hydrogen) atoms. The first-order valence-electron chi connectivity index (χ1n) is 3.44. The lowest BCUT2D eigenvalue weighted by Gasteiger charge is -2.07. The molecule has 0 atom stereocenters. The molecular weight excluding hydrogens is 347 g/mol. The molecule has 0 aliphatic carbocycles. The van der Waals surface area contributed by atoms with Gasteiger partial charge in [-0.2, -0.15) is 13.2 Å². The van der Waals surface area contributed by atoms with Gasteiger partial charge in [0.25, 0.3) is 5.69 Å². The summed E-state index contributed by atoms with van der Waals surface area (Å²) in [6.07, 6.45) is -4.60. The summed E-state index contributed by atoms with van der Waals surface area (Å²) in [4.78, 5) is 9.56. The predicted molar refractivity (Wildman–Crippen MR) is 53.5 cm³/mol. The van der Waals surface area contributed by atoms with Crippen molar-refractivity contribution in [3.05, 3.63) is 36.8 Å². The Labute approximate surface area is 98.7 Å². The number of halogens is 5. The van der Waals surface area contributed by atoms with Crippen LogP contribution in [0.1, 0.15) is 5.56 Å². The van der Waals surface area contributed by atoms with Gasteiger partial charge in [-0.05, 0) is 37.9 Å². The molecule has 0 saturated carbocycles. The molecule has 0 amide bonds. The summed E-state index contributed by atoms with van der Waals surface area (Å²) >= 11 is 5.63. The maximum atomic E-state index is 12.3. The van der Waals surface area contributed by atoms with E-state index >= 15 is 0 Å². The molecule has 0 N–H and O–H groups in total. The third-order valence-electron chi connectivity index (χ3n) is 1.53. The molecule has 0 bridgehead atoms. The zero-order chi connectivity index (χ0) is 11.8. The van der Waals surface area contributed by atoms with E-state index < -0.39 is 22.4 Å². The maximum absolute atomic E-state index is 12.3. The second kappa shape index (κ2) is 4.09. The predicted octanol–water partition coefficient (Wildman–Crippen LogP) is 4.14. The van der Waals surface area contributed by atoms with Crippen LogP contribution in [0.25, 0.3) is 0 Å². The van der Waals surface area contributed by atoms with Gasteiger partial charge in [-0.3, -0.25) is 10.1 Å². The highest BCUT2D eigenvalue weighted by Crippen LogP contribution is 2.39.